The van der Waals surface area contributed by atoms with Crippen LogP contribution in [0.2, 0.25) is 0 Å². The van der Waals surface area contributed by atoms with E-state index in [2.05, 4.69) is 10.5 Å². The smallest absolute Gasteiger partial charge is 0.315 e. The molecule has 2 rings (SSSR count). The van der Waals surface area contributed by atoms with Crippen LogP contribution in [0, 0.1) is 4.91 Å². The van der Waals surface area contributed by atoms with Crippen molar-refractivity contribution in [2.24, 2.45) is 5.18 Å². The highest BCUT2D eigenvalue weighted by Crippen LogP contribution is 2.12. The summed E-state index contributed by atoms with van der Waals surface area (Å²) in [5.74, 6) is -0.184. The number of carbonyl (C=O) groups excluding carboxylic acids is 1. The van der Waals surface area contributed by atoms with E-state index in [0.29, 0.717) is 11.4 Å². The lowest BCUT2D eigenvalue weighted by Crippen LogP contribution is -2.44. The number of hydrogen-bond acceptors (Lipinski definition) is 5. The molecule has 1 aromatic heterocycles. The monoisotopic (exact) mass is 301 g/mol. The van der Waals surface area contributed by atoms with Crippen LogP contribution >= 0.6 is 0 Å². The van der Waals surface area contributed by atoms with E-state index in [1.54, 1.807) is 47.1 Å². The van der Waals surface area contributed by atoms with E-state index < -0.39 is 0 Å². The first-order valence-corrected chi connectivity index (χ1v) is 6.68. The van der Waals surface area contributed by atoms with Gasteiger partial charge in [0, 0.05) is 25.4 Å². The average Bonchev–Trinajstić information content (AvgIpc) is 2.56. The number of hydrogen-bond donors (Lipinski definition) is 1. The van der Waals surface area contributed by atoms with Gasteiger partial charge in [-0.2, -0.15) is 4.57 Å². The summed E-state index contributed by atoms with van der Waals surface area (Å²) < 4.78 is 7.31. The predicted octanol–water partition coefficient (Wildman–Crippen LogP) is 1.26. The number of pyridine rings is 1. The lowest BCUT2D eigenvalue weighted by molar-refractivity contribution is -0.735. The minimum Gasteiger partial charge on any atom is -0.350 e. The van der Waals surface area contributed by atoms with Crippen LogP contribution in [-0.2, 0) is 11.5 Å². The highest BCUT2D eigenvalue weighted by molar-refractivity contribution is 5.90. The van der Waals surface area contributed by atoms with Crippen LogP contribution in [-0.4, -0.2) is 24.6 Å². The SMILES string of the molecule is CNC(=O)c1cccc[n+]1COCN1C=CC=C/C1=C\N=O. The molecule has 1 aliphatic rings. The maximum Gasteiger partial charge on any atom is 0.315 e. The zero-order valence-corrected chi connectivity index (χ0v) is 12.2. The highest BCUT2D eigenvalue weighted by atomic mass is 16.5. The van der Waals surface area contributed by atoms with Crippen molar-refractivity contribution in [2.45, 2.75) is 6.73 Å². The number of carbonyl (C=O) groups is 1. The summed E-state index contributed by atoms with van der Waals surface area (Å²) in [5, 5.41) is 5.35. The van der Waals surface area contributed by atoms with E-state index in [0.717, 1.165) is 0 Å². The molecule has 1 N–H and O–H groups in total. The largest absolute Gasteiger partial charge is 0.350 e. The van der Waals surface area contributed by atoms with Gasteiger partial charge in [0.05, 0.1) is 11.9 Å². The Bertz CT molecular complexity index is 637. The summed E-state index contributed by atoms with van der Waals surface area (Å²) in [5.41, 5.74) is 1.14. The van der Waals surface area contributed by atoms with E-state index in [9.17, 15) is 9.70 Å². The zero-order chi connectivity index (χ0) is 15.8. The number of rotatable bonds is 6. The number of nitrogens with zero attached hydrogens (tertiary/aromatic N) is 3. The first-order valence-electron chi connectivity index (χ1n) is 6.68. The van der Waals surface area contributed by atoms with Gasteiger partial charge >= 0.3 is 5.91 Å². The molecule has 1 aliphatic heterocycles. The number of nitrogens with one attached hydrogen (secondary N) is 1. The fraction of sp³-hybridized carbons (Fsp3) is 0.200. The molecule has 0 fully saturated rings. The van der Waals surface area contributed by atoms with Crippen molar-refractivity contribution in [3.63, 3.8) is 0 Å². The third-order valence-electron chi connectivity index (χ3n) is 3.02. The van der Waals surface area contributed by atoms with Crippen molar-refractivity contribution in [2.75, 3.05) is 13.8 Å². The molecule has 0 bridgehead atoms. The summed E-state index contributed by atoms with van der Waals surface area (Å²) in [6, 6.07) is 5.32. The maximum absolute atomic E-state index is 11.8. The quantitative estimate of drug-likeness (QED) is 0.634. The molecule has 7 nitrogen and oxygen atoms in total. The Kier molecular flexibility index (Phi) is 5.56. The van der Waals surface area contributed by atoms with Crippen molar-refractivity contribution in [3.05, 3.63) is 71.3 Å². The van der Waals surface area contributed by atoms with Crippen LogP contribution in [0.3, 0.4) is 0 Å². The zero-order valence-electron chi connectivity index (χ0n) is 12.2. The Balaban J connectivity index is 1.98. The first kappa shape index (κ1) is 15.6. The summed E-state index contributed by atoms with van der Waals surface area (Å²) in [7, 11) is 1.58. The minimum absolute atomic E-state index is 0.184. The van der Waals surface area contributed by atoms with Gasteiger partial charge in [0.1, 0.15) is 6.73 Å². The third kappa shape index (κ3) is 3.86. The van der Waals surface area contributed by atoms with Gasteiger partial charge in [-0.15, -0.1) is 4.91 Å². The van der Waals surface area contributed by atoms with Crippen molar-refractivity contribution in [3.8, 4) is 0 Å². The van der Waals surface area contributed by atoms with E-state index in [4.69, 9.17) is 4.74 Å². The molecular formula is C15H17N4O3+. The molecule has 2 heterocycles. The van der Waals surface area contributed by atoms with Crippen LogP contribution in [0.15, 0.2) is 65.9 Å². The third-order valence-corrected chi connectivity index (χ3v) is 3.02. The summed E-state index contributed by atoms with van der Waals surface area (Å²) in [4.78, 5) is 23.9. The molecule has 0 spiro atoms. The van der Waals surface area contributed by atoms with Crippen molar-refractivity contribution >= 4 is 5.91 Å². The highest BCUT2D eigenvalue weighted by Gasteiger charge is 2.17. The van der Waals surface area contributed by atoms with E-state index >= 15 is 0 Å². The Morgan fingerprint density at radius 1 is 1.45 bits per heavy atom. The van der Waals surface area contributed by atoms with Crippen molar-refractivity contribution in [1.82, 2.24) is 10.2 Å². The van der Waals surface area contributed by atoms with E-state index in [1.807, 2.05) is 18.2 Å². The topological polar surface area (TPSA) is 74.9 Å². The molecule has 0 saturated heterocycles. The Hall–Kier alpha value is -2.80. The Morgan fingerprint density at radius 2 is 2.32 bits per heavy atom. The molecule has 22 heavy (non-hydrogen) atoms. The average molecular weight is 301 g/mol. The van der Waals surface area contributed by atoms with Crippen LogP contribution < -0.4 is 9.88 Å². The molecule has 1 aromatic rings. The maximum atomic E-state index is 11.8. The number of aromatic nitrogens is 1. The predicted molar refractivity (Wildman–Crippen MR) is 80.0 cm³/mol. The first-order chi connectivity index (χ1) is 10.8. The van der Waals surface area contributed by atoms with Crippen molar-refractivity contribution < 1.29 is 14.1 Å². The standard InChI is InChI=1S/C15H16N4O3/c1-16-15(20)14-7-3-5-9-19(14)12-22-11-18-8-4-2-6-13(18)10-17-21/h2-10H,11-12H2,1H3/p+1/b13-10+. The molecule has 0 radical (unpaired) electrons. The molecule has 0 aliphatic carbocycles. The van der Waals surface area contributed by atoms with E-state index in [-0.39, 0.29) is 19.4 Å². The summed E-state index contributed by atoms with van der Waals surface area (Å²) in [6.07, 6.45) is 10.2. The number of amides is 1. The molecule has 1 amide bonds. The summed E-state index contributed by atoms with van der Waals surface area (Å²) in [6.45, 7) is 0.441. The van der Waals surface area contributed by atoms with Gasteiger partial charge in [-0.05, 0) is 23.4 Å². The molecular weight excluding hydrogens is 284 g/mol. The minimum atomic E-state index is -0.184. The van der Waals surface area contributed by atoms with Crippen LogP contribution in [0.1, 0.15) is 10.5 Å². The van der Waals surface area contributed by atoms with Gasteiger partial charge in [0.2, 0.25) is 0 Å². The molecule has 0 aromatic carbocycles. The molecule has 0 saturated carbocycles. The number of ether oxygens (including phenoxy) is 1. The van der Waals surface area contributed by atoms with E-state index in [1.165, 1.54) is 6.20 Å². The fourth-order valence-electron chi connectivity index (χ4n) is 1.94. The second-order valence-corrected chi connectivity index (χ2v) is 4.43. The molecule has 0 atom stereocenters. The van der Waals surface area contributed by atoms with Gasteiger partial charge in [0.25, 0.3) is 12.4 Å². The second-order valence-electron chi connectivity index (χ2n) is 4.43. The second kappa shape index (κ2) is 7.84. The van der Waals surface area contributed by atoms with Crippen LogP contribution in [0.25, 0.3) is 0 Å². The fourth-order valence-corrected chi connectivity index (χ4v) is 1.94. The lowest BCUT2D eigenvalue weighted by Gasteiger charge is -2.21. The van der Waals surface area contributed by atoms with Gasteiger partial charge in [-0.3, -0.25) is 4.79 Å². The Morgan fingerprint density at radius 3 is 3.09 bits per heavy atom. The molecule has 7 heteroatoms. The van der Waals surface area contributed by atoms with Gasteiger partial charge in [-0.1, -0.05) is 6.08 Å². The number of nitroso groups, excluding NO2 is 1. The molecule has 114 valence electrons. The van der Waals surface area contributed by atoms with Crippen molar-refractivity contribution in [1.29, 1.82) is 0 Å². The number of allylic oxidation sites excluding steroid dienone is 3. The Labute approximate surface area is 128 Å². The normalized spacial score (nSPS) is 15.1. The molecule has 0 unspecified atom stereocenters. The van der Waals surface area contributed by atoms with Gasteiger partial charge in [0.15, 0.2) is 6.20 Å². The lowest BCUT2D eigenvalue weighted by atomic mass is 10.3. The summed E-state index contributed by atoms with van der Waals surface area (Å²) >= 11 is 0. The van der Waals surface area contributed by atoms with Gasteiger partial charge in [-0.25, -0.2) is 0 Å². The van der Waals surface area contributed by atoms with Gasteiger partial charge < -0.3 is 15.0 Å². The van der Waals surface area contributed by atoms with Crippen LogP contribution in [0.5, 0.6) is 0 Å². The van der Waals surface area contributed by atoms with Crippen LogP contribution in [0.4, 0.5) is 0 Å².